The van der Waals surface area contributed by atoms with Crippen LogP contribution in [0.5, 0.6) is 0 Å². The molecule has 1 saturated carbocycles. The van der Waals surface area contributed by atoms with Gasteiger partial charge in [-0.1, -0.05) is 49.6 Å². The van der Waals surface area contributed by atoms with Crippen LogP contribution in [0, 0.1) is 0 Å². The molecule has 1 aromatic carbocycles. The third-order valence-corrected chi connectivity index (χ3v) is 4.11. The highest BCUT2D eigenvalue weighted by Gasteiger charge is 2.29. The molecular weight excluding hydrogens is 264 g/mol. The summed E-state index contributed by atoms with van der Waals surface area (Å²) in [5.74, 6) is -0.0209. The van der Waals surface area contributed by atoms with Crippen LogP contribution in [0.3, 0.4) is 0 Å². The van der Waals surface area contributed by atoms with Gasteiger partial charge in [-0.15, -0.1) is 0 Å². The summed E-state index contributed by atoms with van der Waals surface area (Å²) >= 11 is 0. The minimum absolute atomic E-state index is 0.0209. The van der Waals surface area contributed by atoms with Crippen molar-refractivity contribution in [2.24, 2.45) is 0 Å². The standard InChI is InChI=1S/C17H26N2O2/c1-19(12-15-8-4-2-5-9-15)13-16(20)18-14-17(21)10-6-3-7-11-17/h2,4-5,8-9,21H,3,6-7,10-14H2,1H3,(H,18,20). The number of benzene rings is 1. The van der Waals surface area contributed by atoms with Gasteiger partial charge in [-0.05, 0) is 25.5 Å². The van der Waals surface area contributed by atoms with Gasteiger partial charge in [-0.2, -0.15) is 0 Å². The number of nitrogens with zero attached hydrogens (tertiary/aromatic N) is 1. The van der Waals surface area contributed by atoms with Gasteiger partial charge in [0.05, 0.1) is 12.1 Å². The van der Waals surface area contributed by atoms with Crippen molar-refractivity contribution in [2.75, 3.05) is 20.1 Å². The minimum atomic E-state index is -0.689. The van der Waals surface area contributed by atoms with E-state index in [-0.39, 0.29) is 5.91 Å². The van der Waals surface area contributed by atoms with E-state index >= 15 is 0 Å². The third kappa shape index (κ3) is 5.48. The first-order chi connectivity index (χ1) is 10.1. The summed E-state index contributed by atoms with van der Waals surface area (Å²) in [7, 11) is 1.93. The van der Waals surface area contributed by atoms with Gasteiger partial charge in [0.1, 0.15) is 0 Å². The predicted molar refractivity (Wildman–Crippen MR) is 83.8 cm³/mol. The van der Waals surface area contributed by atoms with E-state index in [1.165, 1.54) is 12.0 Å². The maximum atomic E-state index is 12.0. The number of rotatable bonds is 6. The molecule has 1 aliphatic rings. The molecule has 21 heavy (non-hydrogen) atoms. The average molecular weight is 290 g/mol. The maximum Gasteiger partial charge on any atom is 0.234 e. The van der Waals surface area contributed by atoms with E-state index in [1.807, 2.05) is 30.1 Å². The Bertz CT molecular complexity index is 441. The van der Waals surface area contributed by atoms with Crippen LogP contribution in [-0.2, 0) is 11.3 Å². The van der Waals surface area contributed by atoms with E-state index in [2.05, 4.69) is 17.4 Å². The summed E-state index contributed by atoms with van der Waals surface area (Å²) in [6.07, 6.45) is 4.90. The summed E-state index contributed by atoms with van der Waals surface area (Å²) in [6, 6.07) is 10.1. The molecule has 1 fully saturated rings. The lowest BCUT2D eigenvalue weighted by molar-refractivity contribution is -0.123. The van der Waals surface area contributed by atoms with Gasteiger partial charge in [0.15, 0.2) is 0 Å². The molecule has 0 spiro atoms. The first-order valence-electron chi connectivity index (χ1n) is 7.79. The molecule has 2 rings (SSSR count). The maximum absolute atomic E-state index is 12.0. The fraction of sp³-hybridized carbons (Fsp3) is 0.588. The number of likely N-dealkylation sites (N-methyl/N-ethyl adjacent to an activating group) is 1. The molecule has 0 saturated heterocycles. The minimum Gasteiger partial charge on any atom is -0.388 e. The van der Waals surface area contributed by atoms with E-state index in [4.69, 9.17) is 0 Å². The SMILES string of the molecule is CN(CC(=O)NCC1(O)CCCCC1)Cc1ccccc1. The van der Waals surface area contributed by atoms with Gasteiger partial charge in [0.2, 0.25) is 5.91 Å². The highest BCUT2D eigenvalue weighted by atomic mass is 16.3. The van der Waals surface area contributed by atoms with E-state index < -0.39 is 5.60 Å². The summed E-state index contributed by atoms with van der Waals surface area (Å²) in [5.41, 5.74) is 0.505. The lowest BCUT2D eigenvalue weighted by atomic mass is 9.85. The number of carbonyl (C=O) groups is 1. The second-order valence-electron chi connectivity index (χ2n) is 6.22. The van der Waals surface area contributed by atoms with Crippen LogP contribution in [0.25, 0.3) is 0 Å². The molecule has 0 radical (unpaired) electrons. The molecule has 0 unspecified atom stereocenters. The molecule has 0 heterocycles. The number of amides is 1. The van der Waals surface area contributed by atoms with Gasteiger partial charge in [0.25, 0.3) is 0 Å². The van der Waals surface area contributed by atoms with Gasteiger partial charge < -0.3 is 10.4 Å². The molecule has 4 nitrogen and oxygen atoms in total. The first-order valence-corrected chi connectivity index (χ1v) is 7.79. The summed E-state index contributed by atoms with van der Waals surface area (Å²) < 4.78 is 0. The molecule has 0 atom stereocenters. The number of aliphatic hydroxyl groups is 1. The van der Waals surface area contributed by atoms with Crippen molar-refractivity contribution in [1.29, 1.82) is 0 Å². The fourth-order valence-electron chi connectivity index (χ4n) is 2.90. The van der Waals surface area contributed by atoms with Crippen LogP contribution in [0.15, 0.2) is 30.3 Å². The van der Waals surface area contributed by atoms with Crippen LogP contribution in [0.2, 0.25) is 0 Å². The van der Waals surface area contributed by atoms with E-state index in [0.717, 1.165) is 32.2 Å². The smallest absolute Gasteiger partial charge is 0.234 e. The Morgan fingerprint density at radius 3 is 2.57 bits per heavy atom. The molecule has 1 aromatic rings. The molecule has 116 valence electrons. The normalized spacial score (nSPS) is 17.7. The summed E-state index contributed by atoms with van der Waals surface area (Å²) in [6.45, 7) is 1.48. The number of hydrogen-bond donors (Lipinski definition) is 2. The quantitative estimate of drug-likeness (QED) is 0.842. The molecule has 0 aliphatic heterocycles. The van der Waals surface area contributed by atoms with Crippen LogP contribution >= 0.6 is 0 Å². The van der Waals surface area contributed by atoms with Crippen molar-refractivity contribution in [1.82, 2.24) is 10.2 Å². The lowest BCUT2D eigenvalue weighted by Crippen LogP contribution is -2.46. The van der Waals surface area contributed by atoms with Gasteiger partial charge in [0, 0.05) is 13.1 Å². The van der Waals surface area contributed by atoms with E-state index in [1.54, 1.807) is 0 Å². The Morgan fingerprint density at radius 2 is 1.90 bits per heavy atom. The molecule has 1 aliphatic carbocycles. The molecule has 4 heteroatoms. The van der Waals surface area contributed by atoms with Crippen molar-refractivity contribution in [3.63, 3.8) is 0 Å². The Labute approximate surface area is 127 Å². The summed E-state index contributed by atoms with van der Waals surface area (Å²) in [4.78, 5) is 13.9. The summed E-state index contributed by atoms with van der Waals surface area (Å²) in [5, 5.41) is 13.2. The average Bonchev–Trinajstić information content (AvgIpc) is 2.47. The first kappa shape index (κ1) is 16.0. The lowest BCUT2D eigenvalue weighted by Gasteiger charge is -2.32. The number of hydrogen-bond acceptors (Lipinski definition) is 3. The van der Waals surface area contributed by atoms with E-state index in [0.29, 0.717) is 13.1 Å². The Balaban J connectivity index is 1.71. The Hall–Kier alpha value is -1.39. The van der Waals surface area contributed by atoms with Crippen molar-refractivity contribution in [2.45, 2.75) is 44.2 Å². The van der Waals surface area contributed by atoms with E-state index in [9.17, 15) is 9.90 Å². The van der Waals surface area contributed by atoms with Crippen LogP contribution in [0.1, 0.15) is 37.7 Å². The van der Waals surface area contributed by atoms with Crippen LogP contribution in [0.4, 0.5) is 0 Å². The van der Waals surface area contributed by atoms with Crippen LogP contribution < -0.4 is 5.32 Å². The van der Waals surface area contributed by atoms with Gasteiger partial charge in [-0.3, -0.25) is 9.69 Å². The fourth-order valence-corrected chi connectivity index (χ4v) is 2.90. The predicted octanol–water partition coefficient (Wildman–Crippen LogP) is 1.93. The van der Waals surface area contributed by atoms with Crippen molar-refractivity contribution in [3.05, 3.63) is 35.9 Å². The largest absolute Gasteiger partial charge is 0.388 e. The van der Waals surface area contributed by atoms with Crippen molar-refractivity contribution in [3.8, 4) is 0 Å². The second kappa shape index (κ2) is 7.57. The highest BCUT2D eigenvalue weighted by molar-refractivity contribution is 5.78. The zero-order chi connectivity index (χ0) is 15.1. The van der Waals surface area contributed by atoms with Gasteiger partial charge >= 0.3 is 0 Å². The highest BCUT2D eigenvalue weighted by Crippen LogP contribution is 2.27. The van der Waals surface area contributed by atoms with Gasteiger partial charge in [-0.25, -0.2) is 0 Å². The second-order valence-corrected chi connectivity index (χ2v) is 6.22. The topological polar surface area (TPSA) is 52.6 Å². The van der Waals surface area contributed by atoms with Crippen molar-refractivity contribution >= 4 is 5.91 Å². The van der Waals surface area contributed by atoms with Crippen molar-refractivity contribution < 1.29 is 9.90 Å². The third-order valence-electron chi connectivity index (χ3n) is 4.11. The molecule has 2 N–H and O–H groups in total. The molecule has 0 aromatic heterocycles. The monoisotopic (exact) mass is 290 g/mol. The zero-order valence-electron chi connectivity index (χ0n) is 12.8. The molecular formula is C17H26N2O2. The van der Waals surface area contributed by atoms with Crippen LogP contribution in [-0.4, -0.2) is 41.7 Å². The Morgan fingerprint density at radius 1 is 1.24 bits per heavy atom. The number of carbonyl (C=O) groups excluding carboxylic acids is 1. The molecule has 0 bridgehead atoms. The molecule has 1 amide bonds. The Kier molecular flexibility index (Phi) is 5.76. The number of nitrogens with one attached hydrogen (secondary N) is 1. The zero-order valence-corrected chi connectivity index (χ0v) is 12.8.